The van der Waals surface area contributed by atoms with Crippen LogP contribution in [0.3, 0.4) is 0 Å². The van der Waals surface area contributed by atoms with E-state index in [2.05, 4.69) is 15.9 Å². The highest BCUT2D eigenvalue weighted by Crippen LogP contribution is 2.24. The lowest BCUT2D eigenvalue weighted by Gasteiger charge is -2.07. The Balaban J connectivity index is 1.71. The normalized spacial score (nSPS) is 20.2. The third kappa shape index (κ3) is 3.40. The van der Waals surface area contributed by atoms with Gasteiger partial charge >= 0.3 is 0 Å². The van der Waals surface area contributed by atoms with E-state index in [1.807, 2.05) is 12.1 Å². The number of ketones is 1. The second-order valence-corrected chi connectivity index (χ2v) is 6.52. The zero-order valence-corrected chi connectivity index (χ0v) is 11.5. The number of hydrogen-bond donors (Lipinski definition) is 0. The van der Waals surface area contributed by atoms with Gasteiger partial charge in [-0.25, -0.2) is 0 Å². The molecule has 0 bridgehead atoms. The predicted molar refractivity (Wildman–Crippen MR) is 69.2 cm³/mol. The maximum Gasteiger partial charge on any atom is 0.172 e. The first kappa shape index (κ1) is 12.3. The molecule has 0 N–H and O–H groups in total. The number of hydrogen-bond acceptors (Lipinski definition) is 3. The number of carbonyl (C=O) groups excluding carboxylic acids is 1. The van der Waals surface area contributed by atoms with Crippen LogP contribution < -0.4 is 0 Å². The molecule has 1 aliphatic rings. The summed E-state index contributed by atoms with van der Waals surface area (Å²) in [7, 11) is 0. The molecule has 0 aromatic carbocycles. The fourth-order valence-electron chi connectivity index (χ4n) is 1.95. The van der Waals surface area contributed by atoms with Crippen molar-refractivity contribution in [2.24, 2.45) is 0 Å². The average molecular weight is 303 g/mol. The zero-order valence-electron chi connectivity index (χ0n) is 9.08. The molecule has 4 heteroatoms. The zero-order chi connectivity index (χ0) is 11.4. The monoisotopic (exact) mass is 302 g/mol. The van der Waals surface area contributed by atoms with Gasteiger partial charge in [0.25, 0.3) is 0 Å². The van der Waals surface area contributed by atoms with Gasteiger partial charge in [-0.2, -0.15) is 0 Å². The quantitative estimate of drug-likeness (QED) is 0.767. The first-order valence-electron chi connectivity index (χ1n) is 5.66. The summed E-state index contributed by atoms with van der Waals surface area (Å²) in [6.07, 6.45) is 5.36. The molecular weight excluding hydrogens is 288 g/mol. The Bertz CT molecular complexity index is 356. The smallest absolute Gasteiger partial charge is 0.172 e. The van der Waals surface area contributed by atoms with Crippen LogP contribution in [0.5, 0.6) is 0 Å². The van der Waals surface area contributed by atoms with Gasteiger partial charge in [0.2, 0.25) is 0 Å². The standard InChI is InChI=1S/C12H15BrO2S/c13-12-7-6-11(16-12)10(14)5-1-3-9-4-2-8-15-9/h6-7,9H,1-5,8H2. The fraction of sp³-hybridized carbons (Fsp3) is 0.583. The minimum Gasteiger partial charge on any atom is -0.378 e. The van der Waals surface area contributed by atoms with Crippen LogP contribution in [-0.4, -0.2) is 18.5 Å². The number of halogens is 1. The minimum atomic E-state index is 0.258. The van der Waals surface area contributed by atoms with Crippen molar-refractivity contribution in [1.82, 2.24) is 0 Å². The van der Waals surface area contributed by atoms with Gasteiger partial charge in [-0.05, 0) is 53.7 Å². The van der Waals surface area contributed by atoms with Crippen LogP contribution in [0.15, 0.2) is 15.9 Å². The van der Waals surface area contributed by atoms with Crippen LogP contribution in [0.1, 0.15) is 41.8 Å². The molecule has 1 aliphatic heterocycles. The van der Waals surface area contributed by atoms with Crippen molar-refractivity contribution in [3.8, 4) is 0 Å². The molecule has 0 radical (unpaired) electrons. The average Bonchev–Trinajstić information content (AvgIpc) is 2.89. The minimum absolute atomic E-state index is 0.258. The largest absolute Gasteiger partial charge is 0.378 e. The van der Waals surface area contributed by atoms with Crippen LogP contribution in [0.2, 0.25) is 0 Å². The Morgan fingerprint density at radius 2 is 2.44 bits per heavy atom. The summed E-state index contributed by atoms with van der Waals surface area (Å²) < 4.78 is 6.55. The summed E-state index contributed by atoms with van der Waals surface area (Å²) in [5, 5.41) is 0. The highest BCUT2D eigenvalue weighted by molar-refractivity contribution is 9.11. The van der Waals surface area contributed by atoms with Crippen molar-refractivity contribution in [3.63, 3.8) is 0 Å². The van der Waals surface area contributed by atoms with Crippen molar-refractivity contribution in [2.75, 3.05) is 6.61 Å². The van der Waals surface area contributed by atoms with Gasteiger partial charge in [0, 0.05) is 13.0 Å². The molecule has 1 unspecified atom stereocenters. The molecule has 0 saturated carbocycles. The molecule has 1 aromatic rings. The lowest BCUT2D eigenvalue weighted by atomic mass is 10.1. The first-order chi connectivity index (χ1) is 7.75. The van der Waals surface area contributed by atoms with Crippen molar-refractivity contribution >= 4 is 33.0 Å². The van der Waals surface area contributed by atoms with E-state index < -0.39 is 0 Å². The van der Waals surface area contributed by atoms with Crippen molar-refractivity contribution in [1.29, 1.82) is 0 Å². The van der Waals surface area contributed by atoms with Crippen LogP contribution in [-0.2, 0) is 4.74 Å². The molecule has 16 heavy (non-hydrogen) atoms. The Kier molecular flexibility index (Phi) is 4.55. The van der Waals surface area contributed by atoms with Gasteiger partial charge in [0.1, 0.15) is 0 Å². The van der Waals surface area contributed by atoms with Gasteiger partial charge in [-0.3, -0.25) is 4.79 Å². The maximum absolute atomic E-state index is 11.8. The molecule has 0 spiro atoms. The van der Waals surface area contributed by atoms with Gasteiger partial charge < -0.3 is 4.74 Å². The number of rotatable bonds is 5. The molecule has 88 valence electrons. The highest BCUT2D eigenvalue weighted by Gasteiger charge is 2.16. The SMILES string of the molecule is O=C(CCCC1CCCO1)c1ccc(Br)s1. The summed E-state index contributed by atoms with van der Waals surface area (Å²) in [5.74, 6) is 0.258. The summed E-state index contributed by atoms with van der Waals surface area (Å²) >= 11 is 4.88. The molecule has 2 nitrogen and oxygen atoms in total. The van der Waals surface area contributed by atoms with E-state index in [1.54, 1.807) is 0 Å². The van der Waals surface area contributed by atoms with Crippen molar-refractivity contribution in [3.05, 3.63) is 20.8 Å². The molecule has 0 amide bonds. The van der Waals surface area contributed by atoms with Crippen molar-refractivity contribution < 1.29 is 9.53 Å². The van der Waals surface area contributed by atoms with Crippen LogP contribution in [0.4, 0.5) is 0 Å². The first-order valence-corrected chi connectivity index (χ1v) is 7.27. The maximum atomic E-state index is 11.8. The van der Waals surface area contributed by atoms with Crippen LogP contribution >= 0.6 is 27.3 Å². The summed E-state index contributed by atoms with van der Waals surface area (Å²) in [5.41, 5.74) is 0. The number of thiophene rings is 1. The van der Waals surface area contributed by atoms with E-state index in [9.17, 15) is 4.79 Å². The van der Waals surface area contributed by atoms with Gasteiger partial charge in [-0.15, -0.1) is 11.3 Å². The molecule has 1 saturated heterocycles. The van der Waals surface area contributed by atoms with E-state index >= 15 is 0 Å². The van der Waals surface area contributed by atoms with Crippen molar-refractivity contribution in [2.45, 2.75) is 38.2 Å². The van der Waals surface area contributed by atoms with E-state index in [4.69, 9.17) is 4.74 Å². The Morgan fingerprint density at radius 1 is 1.56 bits per heavy atom. The number of Topliss-reactive ketones (excluding diaryl/α,β-unsaturated/α-hetero) is 1. The lowest BCUT2D eigenvalue weighted by molar-refractivity contribution is 0.0925. The fourth-order valence-corrected chi connectivity index (χ4v) is 3.30. The van der Waals surface area contributed by atoms with E-state index in [0.717, 1.165) is 28.1 Å². The molecule has 2 heterocycles. The number of carbonyl (C=O) groups is 1. The van der Waals surface area contributed by atoms with E-state index in [-0.39, 0.29) is 5.78 Å². The van der Waals surface area contributed by atoms with Gasteiger partial charge in [0.15, 0.2) is 5.78 Å². The van der Waals surface area contributed by atoms with Gasteiger partial charge in [0.05, 0.1) is 14.8 Å². The second-order valence-electron chi connectivity index (χ2n) is 4.05. The molecule has 1 aromatic heterocycles. The number of ether oxygens (including phenoxy) is 1. The van der Waals surface area contributed by atoms with Crippen LogP contribution in [0, 0.1) is 0 Å². The predicted octanol–water partition coefficient (Wildman–Crippen LogP) is 4.04. The third-order valence-electron chi connectivity index (χ3n) is 2.80. The molecule has 2 rings (SSSR count). The summed E-state index contributed by atoms with van der Waals surface area (Å²) in [6, 6.07) is 3.82. The lowest BCUT2D eigenvalue weighted by Crippen LogP contribution is -2.06. The highest BCUT2D eigenvalue weighted by atomic mass is 79.9. The summed E-state index contributed by atoms with van der Waals surface area (Å²) in [6.45, 7) is 0.899. The topological polar surface area (TPSA) is 26.3 Å². The molecule has 0 aliphatic carbocycles. The summed E-state index contributed by atoms with van der Waals surface area (Å²) in [4.78, 5) is 12.6. The van der Waals surface area contributed by atoms with Crippen LogP contribution in [0.25, 0.3) is 0 Å². The van der Waals surface area contributed by atoms with Gasteiger partial charge in [-0.1, -0.05) is 0 Å². The Labute approximate surface area is 108 Å². The molecule has 1 fully saturated rings. The third-order valence-corrected chi connectivity index (χ3v) is 4.47. The molecular formula is C12H15BrO2S. The molecule has 1 atom stereocenters. The second kappa shape index (κ2) is 5.94. The van der Waals surface area contributed by atoms with E-state index in [1.165, 1.54) is 24.2 Å². The Morgan fingerprint density at radius 3 is 3.06 bits per heavy atom. The van der Waals surface area contributed by atoms with E-state index in [0.29, 0.717) is 12.5 Å². The Hall–Kier alpha value is -0.190.